The standard InChI is InChI=1S/C62H123N2O6P/c1-6-8-10-12-14-16-18-20-22-24-25-26-27-28-29-30-31-32-33-34-35-36-37-38-40-42-44-46-48-50-52-54-56-62(66)63-60(59-70-71(67,68)69-58-57-64(3,4)5)61(65)55-53-51-49-47-45-43-41-39-23-21-19-17-15-13-11-9-7-2/h28-29,53,55,60-61,65H,6-27,30-52,54,56-59H2,1-5H3,(H-,63,66,67,68)/b29-28-,55-53+. The van der Waals surface area contributed by atoms with E-state index in [4.69, 9.17) is 9.05 Å². The van der Waals surface area contributed by atoms with Gasteiger partial charge in [-0.3, -0.25) is 9.36 Å². The lowest BCUT2D eigenvalue weighted by Crippen LogP contribution is -2.45. The zero-order chi connectivity index (χ0) is 52.0. The van der Waals surface area contributed by atoms with Gasteiger partial charge >= 0.3 is 0 Å². The Morgan fingerprint density at radius 1 is 0.479 bits per heavy atom. The van der Waals surface area contributed by atoms with Crippen molar-refractivity contribution in [1.82, 2.24) is 5.32 Å². The number of nitrogens with one attached hydrogen (secondary N) is 1. The van der Waals surface area contributed by atoms with Crippen molar-refractivity contribution < 1.29 is 32.9 Å². The molecular formula is C62H123N2O6P. The Morgan fingerprint density at radius 3 is 1.10 bits per heavy atom. The van der Waals surface area contributed by atoms with E-state index in [0.717, 1.165) is 38.5 Å². The van der Waals surface area contributed by atoms with Gasteiger partial charge in [0.1, 0.15) is 13.2 Å². The van der Waals surface area contributed by atoms with Crippen molar-refractivity contribution in [3.63, 3.8) is 0 Å². The molecule has 71 heavy (non-hydrogen) atoms. The number of quaternary nitrogens is 1. The molecule has 0 aromatic rings. The number of nitrogens with zero attached hydrogens (tertiary/aromatic N) is 1. The molecule has 0 spiro atoms. The predicted molar refractivity (Wildman–Crippen MR) is 307 cm³/mol. The van der Waals surface area contributed by atoms with Gasteiger partial charge in [-0.25, -0.2) is 0 Å². The average Bonchev–Trinajstić information content (AvgIpc) is 3.33. The molecule has 422 valence electrons. The third-order valence-electron chi connectivity index (χ3n) is 14.4. The topological polar surface area (TPSA) is 108 Å². The highest BCUT2D eigenvalue weighted by molar-refractivity contribution is 7.45. The molecule has 0 aromatic heterocycles. The molecule has 1 amide bonds. The Labute approximate surface area is 443 Å². The highest BCUT2D eigenvalue weighted by Gasteiger charge is 2.23. The van der Waals surface area contributed by atoms with E-state index in [0.29, 0.717) is 17.4 Å². The van der Waals surface area contributed by atoms with Gasteiger partial charge in [-0.2, -0.15) is 0 Å². The van der Waals surface area contributed by atoms with Gasteiger partial charge in [0.05, 0.1) is 39.9 Å². The Kier molecular flexibility index (Phi) is 53.0. The van der Waals surface area contributed by atoms with Crippen LogP contribution in [-0.4, -0.2) is 68.5 Å². The average molecular weight is 1020 g/mol. The maximum absolute atomic E-state index is 13.0. The van der Waals surface area contributed by atoms with Crippen LogP contribution in [0.15, 0.2) is 24.3 Å². The van der Waals surface area contributed by atoms with E-state index in [1.807, 2.05) is 27.2 Å². The zero-order valence-electron chi connectivity index (χ0n) is 48.2. The van der Waals surface area contributed by atoms with Crippen LogP contribution in [0.2, 0.25) is 0 Å². The minimum atomic E-state index is -4.59. The monoisotopic (exact) mass is 1020 g/mol. The SMILES string of the molecule is CCCCCCCCCCCCCC/C=C\CCCCCCCCCCCCCCCCCCC(=O)NC(COP(=O)([O-])OCC[N+](C)(C)C)C(O)/C=C/CCCCCCCCCCCCCCCCC. The van der Waals surface area contributed by atoms with Crippen LogP contribution in [0.25, 0.3) is 0 Å². The number of carbonyl (C=O) groups excluding carboxylic acids is 1. The number of phosphoric ester groups is 1. The molecule has 0 saturated heterocycles. The molecule has 0 rings (SSSR count). The Morgan fingerprint density at radius 2 is 0.775 bits per heavy atom. The zero-order valence-corrected chi connectivity index (χ0v) is 49.1. The molecule has 0 aliphatic carbocycles. The van der Waals surface area contributed by atoms with E-state index in [2.05, 4.69) is 31.3 Å². The largest absolute Gasteiger partial charge is 0.756 e. The summed E-state index contributed by atoms with van der Waals surface area (Å²) < 4.78 is 23.4. The molecule has 0 aromatic carbocycles. The van der Waals surface area contributed by atoms with E-state index in [-0.39, 0.29) is 19.1 Å². The number of likely N-dealkylation sites (N-methyl/N-ethyl adjacent to an activating group) is 1. The van der Waals surface area contributed by atoms with Gasteiger partial charge in [0.15, 0.2) is 0 Å². The van der Waals surface area contributed by atoms with Crippen LogP contribution < -0.4 is 10.2 Å². The van der Waals surface area contributed by atoms with Gasteiger partial charge in [-0.05, 0) is 44.9 Å². The number of unbranched alkanes of at least 4 members (excludes halogenated alkanes) is 43. The van der Waals surface area contributed by atoms with Gasteiger partial charge in [0, 0.05) is 6.42 Å². The van der Waals surface area contributed by atoms with Crippen molar-refractivity contribution in [3.05, 3.63) is 24.3 Å². The van der Waals surface area contributed by atoms with Crippen molar-refractivity contribution >= 4 is 13.7 Å². The van der Waals surface area contributed by atoms with Crippen LogP contribution in [0.4, 0.5) is 0 Å². The molecular weight excluding hydrogens is 900 g/mol. The van der Waals surface area contributed by atoms with Crippen molar-refractivity contribution in [2.75, 3.05) is 40.9 Å². The molecule has 0 bridgehead atoms. The molecule has 0 fully saturated rings. The maximum Gasteiger partial charge on any atom is 0.268 e. The maximum atomic E-state index is 13.0. The molecule has 3 unspecified atom stereocenters. The molecule has 0 heterocycles. The van der Waals surface area contributed by atoms with E-state index < -0.39 is 20.0 Å². The van der Waals surface area contributed by atoms with Crippen molar-refractivity contribution in [2.45, 2.75) is 328 Å². The molecule has 0 aliphatic rings. The fourth-order valence-electron chi connectivity index (χ4n) is 9.50. The third-order valence-corrected chi connectivity index (χ3v) is 15.4. The van der Waals surface area contributed by atoms with Crippen molar-refractivity contribution in [2.24, 2.45) is 0 Å². The summed E-state index contributed by atoms with van der Waals surface area (Å²) in [5.74, 6) is -0.192. The van der Waals surface area contributed by atoms with E-state index in [9.17, 15) is 19.4 Å². The summed E-state index contributed by atoms with van der Waals surface area (Å²) in [6.07, 6.45) is 68.5. The second kappa shape index (κ2) is 53.8. The number of carbonyl (C=O) groups is 1. The highest BCUT2D eigenvalue weighted by atomic mass is 31.2. The summed E-state index contributed by atoms with van der Waals surface area (Å²) >= 11 is 0. The van der Waals surface area contributed by atoms with Gasteiger partial charge in [-0.15, -0.1) is 0 Å². The highest BCUT2D eigenvalue weighted by Crippen LogP contribution is 2.38. The number of rotatable bonds is 58. The fourth-order valence-corrected chi connectivity index (χ4v) is 10.2. The first-order valence-corrected chi connectivity index (χ1v) is 32.7. The minimum Gasteiger partial charge on any atom is -0.756 e. The molecule has 0 radical (unpaired) electrons. The fraction of sp³-hybridized carbons (Fsp3) is 0.919. The van der Waals surface area contributed by atoms with Crippen LogP contribution in [0.3, 0.4) is 0 Å². The molecule has 8 nitrogen and oxygen atoms in total. The van der Waals surface area contributed by atoms with Gasteiger partial charge in [0.25, 0.3) is 7.82 Å². The van der Waals surface area contributed by atoms with E-state index in [1.165, 1.54) is 257 Å². The number of aliphatic hydroxyl groups is 1. The molecule has 3 atom stereocenters. The van der Waals surface area contributed by atoms with E-state index >= 15 is 0 Å². The number of phosphoric acid groups is 1. The minimum absolute atomic E-state index is 0.00138. The van der Waals surface area contributed by atoms with Crippen LogP contribution >= 0.6 is 7.82 Å². The first-order valence-electron chi connectivity index (χ1n) is 31.2. The molecule has 9 heteroatoms. The Hall–Kier alpha value is -1.02. The lowest BCUT2D eigenvalue weighted by molar-refractivity contribution is -0.870. The Balaban J connectivity index is 4.03. The number of hydrogen-bond donors (Lipinski definition) is 2. The summed E-state index contributed by atoms with van der Waals surface area (Å²) in [7, 11) is 1.28. The van der Waals surface area contributed by atoms with Gasteiger partial charge in [-0.1, -0.05) is 289 Å². The summed E-state index contributed by atoms with van der Waals surface area (Å²) in [6, 6.07) is -0.884. The lowest BCUT2D eigenvalue weighted by Gasteiger charge is -2.29. The number of allylic oxidation sites excluding steroid dienone is 3. The van der Waals surface area contributed by atoms with E-state index in [1.54, 1.807) is 6.08 Å². The van der Waals surface area contributed by atoms with Gasteiger partial charge in [0.2, 0.25) is 5.91 Å². The van der Waals surface area contributed by atoms with Crippen LogP contribution in [0.5, 0.6) is 0 Å². The predicted octanol–water partition coefficient (Wildman–Crippen LogP) is 18.5. The number of amides is 1. The normalized spacial score (nSPS) is 14.0. The first kappa shape index (κ1) is 70.0. The second-order valence-electron chi connectivity index (χ2n) is 22.8. The Bertz CT molecular complexity index is 1210. The van der Waals surface area contributed by atoms with Crippen LogP contribution in [-0.2, 0) is 18.4 Å². The smallest absolute Gasteiger partial charge is 0.268 e. The molecule has 0 aliphatic heterocycles. The summed E-state index contributed by atoms with van der Waals surface area (Å²) in [4.78, 5) is 25.5. The van der Waals surface area contributed by atoms with Crippen molar-refractivity contribution in [3.8, 4) is 0 Å². The number of aliphatic hydroxyl groups excluding tert-OH is 1. The van der Waals surface area contributed by atoms with Gasteiger partial charge < -0.3 is 28.8 Å². The second-order valence-corrected chi connectivity index (χ2v) is 24.2. The summed E-state index contributed by atoms with van der Waals surface area (Å²) in [6.45, 7) is 4.69. The molecule has 0 saturated carbocycles. The van der Waals surface area contributed by atoms with Crippen molar-refractivity contribution in [1.29, 1.82) is 0 Å². The summed E-state index contributed by atoms with van der Waals surface area (Å²) in [5, 5.41) is 13.9. The first-order chi connectivity index (χ1) is 34.5. The summed E-state index contributed by atoms with van der Waals surface area (Å²) in [5.41, 5.74) is 0. The van der Waals surface area contributed by atoms with Crippen LogP contribution in [0.1, 0.15) is 316 Å². The third kappa shape index (κ3) is 56.5. The number of hydrogen-bond acceptors (Lipinski definition) is 6. The van der Waals surface area contributed by atoms with Crippen LogP contribution in [0, 0.1) is 0 Å². The lowest BCUT2D eigenvalue weighted by atomic mass is 10.0. The quantitative estimate of drug-likeness (QED) is 0.0272. The molecule has 2 N–H and O–H groups in total.